The Kier molecular flexibility index (Phi) is 6.70. The van der Waals surface area contributed by atoms with E-state index in [0.29, 0.717) is 11.3 Å². The Hall–Kier alpha value is -3.62. The summed E-state index contributed by atoms with van der Waals surface area (Å²) in [5, 5.41) is 5.06. The molecule has 4 N–H and O–H groups in total. The van der Waals surface area contributed by atoms with Crippen molar-refractivity contribution in [2.24, 2.45) is 5.73 Å². The Morgan fingerprint density at radius 3 is 2.44 bits per heavy atom. The Morgan fingerprint density at radius 2 is 1.85 bits per heavy atom. The smallest absolute Gasteiger partial charge is 0.308 e. The average Bonchev–Trinajstić information content (AvgIpc) is 3.16. The molecule has 1 aromatic heterocycles. The van der Waals surface area contributed by atoms with Gasteiger partial charge in [-0.3, -0.25) is 19.2 Å². The lowest BCUT2D eigenvalue weighted by atomic mass is 10.2. The van der Waals surface area contributed by atoms with Crippen LogP contribution in [0.3, 0.4) is 0 Å². The van der Waals surface area contributed by atoms with E-state index in [0.717, 1.165) is 0 Å². The fourth-order valence-corrected chi connectivity index (χ4v) is 2.04. The number of esters is 1. The molecule has 1 heterocycles. The highest BCUT2D eigenvalue weighted by atomic mass is 16.5. The van der Waals surface area contributed by atoms with E-state index < -0.39 is 29.8 Å². The molecule has 9 heteroatoms. The summed E-state index contributed by atoms with van der Waals surface area (Å²) in [7, 11) is 0. The van der Waals surface area contributed by atoms with Crippen molar-refractivity contribution in [2.75, 3.05) is 11.9 Å². The number of furan rings is 1. The van der Waals surface area contributed by atoms with Crippen molar-refractivity contribution in [1.82, 2.24) is 5.32 Å². The predicted octanol–water partition coefficient (Wildman–Crippen LogP) is 1.07. The van der Waals surface area contributed by atoms with Gasteiger partial charge in [0, 0.05) is 17.8 Å². The van der Waals surface area contributed by atoms with E-state index in [4.69, 9.17) is 14.9 Å². The van der Waals surface area contributed by atoms with Gasteiger partial charge in [0.15, 0.2) is 11.9 Å². The molecule has 0 fully saturated rings. The Bertz CT molecular complexity index is 814. The van der Waals surface area contributed by atoms with Gasteiger partial charge in [-0.25, -0.2) is 0 Å². The quantitative estimate of drug-likeness (QED) is 0.591. The standard InChI is InChI=1S/C18H19N3O6/c1-11(17(24)21-13-6-4-12(5-7-13)16(19)23)27-15(22)8-9-20-18(25)14-3-2-10-26-14/h2-7,10-11H,8-9H2,1H3,(H2,19,23)(H,20,25)(H,21,24)/t11-/m0/s1. The molecule has 1 aromatic carbocycles. The molecule has 0 saturated heterocycles. The normalized spacial score (nSPS) is 11.3. The van der Waals surface area contributed by atoms with Gasteiger partial charge in [-0.1, -0.05) is 0 Å². The minimum atomic E-state index is -1.03. The lowest BCUT2D eigenvalue weighted by Crippen LogP contribution is -2.32. The van der Waals surface area contributed by atoms with Crippen LogP contribution in [-0.2, 0) is 14.3 Å². The summed E-state index contributed by atoms with van der Waals surface area (Å²) in [4.78, 5) is 46.5. The number of carbonyl (C=O) groups excluding carboxylic acids is 4. The van der Waals surface area contributed by atoms with Crippen molar-refractivity contribution in [3.63, 3.8) is 0 Å². The number of benzene rings is 1. The summed E-state index contributed by atoms with van der Waals surface area (Å²) in [5.74, 6) is -2.05. The first-order chi connectivity index (χ1) is 12.9. The Balaban J connectivity index is 1.73. The first kappa shape index (κ1) is 19.7. The first-order valence-corrected chi connectivity index (χ1v) is 8.08. The van der Waals surface area contributed by atoms with Crippen LogP contribution in [0, 0.1) is 0 Å². The zero-order valence-corrected chi connectivity index (χ0v) is 14.6. The molecule has 142 valence electrons. The first-order valence-electron chi connectivity index (χ1n) is 8.08. The van der Waals surface area contributed by atoms with Crippen LogP contribution in [0.15, 0.2) is 47.1 Å². The lowest BCUT2D eigenvalue weighted by Gasteiger charge is -2.13. The maximum absolute atomic E-state index is 12.0. The van der Waals surface area contributed by atoms with Crippen molar-refractivity contribution in [3.8, 4) is 0 Å². The van der Waals surface area contributed by atoms with E-state index in [9.17, 15) is 19.2 Å². The second-order valence-corrected chi connectivity index (χ2v) is 5.55. The average molecular weight is 373 g/mol. The number of rotatable bonds is 8. The molecular weight excluding hydrogens is 354 g/mol. The van der Waals surface area contributed by atoms with Crippen LogP contribution in [0.1, 0.15) is 34.3 Å². The van der Waals surface area contributed by atoms with Crippen LogP contribution in [-0.4, -0.2) is 36.3 Å². The number of nitrogens with one attached hydrogen (secondary N) is 2. The van der Waals surface area contributed by atoms with Crippen molar-refractivity contribution >= 4 is 29.4 Å². The number of ether oxygens (including phenoxy) is 1. The molecule has 2 rings (SSSR count). The van der Waals surface area contributed by atoms with Crippen LogP contribution >= 0.6 is 0 Å². The summed E-state index contributed by atoms with van der Waals surface area (Å²) in [6.45, 7) is 1.47. The van der Waals surface area contributed by atoms with Crippen molar-refractivity contribution < 1.29 is 28.3 Å². The summed E-state index contributed by atoms with van der Waals surface area (Å²) in [5.41, 5.74) is 5.88. The highest BCUT2D eigenvalue weighted by molar-refractivity contribution is 5.96. The molecule has 0 radical (unpaired) electrons. The second kappa shape index (κ2) is 9.18. The Morgan fingerprint density at radius 1 is 1.15 bits per heavy atom. The molecule has 9 nitrogen and oxygen atoms in total. The topological polar surface area (TPSA) is 141 Å². The van der Waals surface area contributed by atoms with E-state index in [1.165, 1.54) is 43.5 Å². The maximum Gasteiger partial charge on any atom is 0.308 e. The molecule has 0 spiro atoms. The van der Waals surface area contributed by atoms with Crippen molar-refractivity contribution in [1.29, 1.82) is 0 Å². The van der Waals surface area contributed by atoms with Gasteiger partial charge >= 0.3 is 5.97 Å². The third kappa shape index (κ3) is 5.99. The summed E-state index contributed by atoms with van der Waals surface area (Å²) >= 11 is 0. The van der Waals surface area contributed by atoms with Gasteiger partial charge < -0.3 is 25.5 Å². The molecule has 3 amide bonds. The molecule has 0 saturated carbocycles. The van der Waals surface area contributed by atoms with E-state index >= 15 is 0 Å². The molecular formula is C18H19N3O6. The zero-order valence-electron chi connectivity index (χ0n) is 14.6. The molecule has 1 atom stereocenters. The number of amides is 3. The van der Waals surface area contributed by atoms with Gasteiger partial charge in [-0.05, 0) is 43.3 Å². The molecule has 27 heavy (non-hydrogen) atoms. The fraction of sp³-hybridized carbons (Fsp3) is 0.222. The molecule has 0 aliphatic rings. The molecule has 0 unspecified atom stereocenters. The van der Waals surface area contributed by atoms with E-state index in [2.05, 4.69) is 10.6 Å². The van der Waals surface area contributed by atoms with Gasteiger partial charge in [0.2, 0.25) is 5.91 Å². The summed E-state index contributed by atoms with van der Waals surface area (Å²) in [6, 6.07) is 9.03. The minimum Gasteiger partial charge on any atom is -0.459 e. The largest absolute Gasteiger partial charge is 0.459 e. The molecule has 2 aromatic rings. The summed E-state index contributed by atoms with van der Waals surface area (Å²) in [6.07, 6.45) is 0.233. The van der Waals surface area contributed by atoms with Crippen LogP contribution in [0.25, 0.3) is 0 Å². The Labute approximate surface area is 154 Å². The van der Waals surface area contributed by atoms with Crippen LogP contribution in [0.4, 0.5) is 5.69 Å². The van der Waals surface area contributed by atoms with E-state index in [1.807, 2.05) is 0 Å². The van der Waals surface area contributed by atoms with Crippen LogP contribution < -0.4 is 16.4 Å². The maximum atomic E-state index is 12.0. The highest BCUT2D eigenvalue weighted by Crippen LogP contribution is 2.10. The van der Waals surface area contributed by atoms with Gasteiger partial charge in [0.05, 0.1) is 12.7 Å². The number of hydrogen-bond acceptors (Lipinski definition) is 6. The number of anilines is 1. The minimum absolute atomic E-state index is 0.0429. The van der Waals surface area contributed by atoms with Crippen molar-refractivity contribution in [3.05, 3.63) is 54.0 Å². The van der Waals surface area contributed by atoms with E-state index in [1.54, 1.807) is 6.07 Å². The lowest BCUT2D eigenvalue weighted by molar-refractivity contribution is -0.153. The number of hydrogen-bond donors (Lipinski definition) is 3. The van der Waals surface area contributed by atoms with E-state index in [-0.39, 0.29) is 18.7 Å². The van der Waals surface area contributed by atoms with Gasteiger partial charge in [-0.2, -0.15) is 0 Å². The molecule has 0 aliphatic carbocycles. The molecule has 0 bridgehead atoms. The highest BCUT2D eigenvalue weighted by Gasteiger charge is 2.18. The zero-order chi connectivity index (χ0) is 19.8. The predicted molar refractivity (Wildman–Crippen MR) is 94.8 cm³/mol. The monoisotopic (exact) mass is 373 g/mol. The van der Waals surface area contributed by atoms with Crippen molar-refractivity contribution in [2.45, 2.75) is 19.4 Å². The van der Waals surface area contributed by atoms with Crippen LogP contribution in [0.5, 0.6) is 0 Å². The second-order valence-electron chi connectivity index (χ2n) is 5.55. The van der Waals surface area contributed by atoms with Gasteiger partial charge in [-0.15, -0.1) is 0 Å². The third-order valence-corrected chi connectivity index (χ3v) is 3.47. The number of carbonyl (C=O) groups is 4. The third-order valence-electron chi connectivity index (χ3n) is 3.47. The van der Waals surface area contributed by atoms with Gasteiger partial charge in [0.1, 0.15) is 0 Å². The number of primary amides is 1. The summed E-state index contributed by atoms with van der Waals surface area (Å²) < 4.78 is 9.94. The molecule has 0 aliphatic heterocycles. The van der Waals surface area contributed by atoms with Gasteiger partial charge in [0.25, 0.3) is 11.8 Å². The van der Waals surface area contributed by atoms with Crippen LogP contribution in [0.2, 0.25) is 0 Å². The fourth-order valence-electron chi connectivity index (χ4n) is 2.04. The SMILES string of the molecule is C[C@H](OC(=O)CCNC(=O)c1ccco1)C(=O)Nc1ccc(C(N)=O)cc1. The number of nitrogens with two attached hydrogens (primary N) is 1.